The highest BCUT2D eigenvalue weighted by Crippen LogP contribution is 2.12. The molecule has 0 amide bonds. The molecular weight excluding hydrogens is 503 g/mol. The Hall–Kier alpha value is -2.45. The molecule has 0 aliphatic rings. The van der Waals surface area contributed by atoms with Gasteiger partial charge >= 0.3 is 17.6 Å². The Morgan fingerprint density at radius 1 is 0.615 bits per heavy atom. The minimum absolute atomic E-state index is 0.145. The number of unbranched alkanes of at least 4 members (excludes halogenated alkanes) is 16. The van der Waals surface area contributed by atoms with Gasteiger partial charge in [-0.25, -0.2) is 4.79 Å². The number of carbonyl (C=O) groups is 2. The van der Waals surface area contributed by atoms with E-state index in [9.17, 15) is 23.6 Å². The summed E-state index contributed by atoms with van der Waals surface area (Å²) in [6.07, 6.45) is 20.2. The monoisotopic (exact) mass is 554 g/mol. The third-order valence-electron chi connectivity index (χ3n) is 7.19. The van der Waals surface area contributed by atoms with E-state index >= 15 is 0 Å². The van der Waals surface area contributed by atoms with Crippen molar-refractivity contribution in [2.45, 2.75) is 142 Å². The molecule has 1 aromatic rings. The predicted molar refractivity (Wildman–Crippen MR) is 151 cm³/mol. The van der Waals surface area contributed by atoms with Crippen LogP contribution in [0.2, 0.25) is 0 Å². The highest BCUT2D eigenvalue weighted by molar-refractivity contribution is 5.69. The highest BCUT2D eigenvalue weighted by atomic mass is 19.1. The molecule has 0 atom stereocenters. The van der Waals surface area contributed by atoms with Crippen molar-refractivity contribution in [3.05, 3.63) is 32.9 Å². The van der Waals surface area contributed by atoms with Gasteiger partial charge in [-0.15, -0.1) is 0 Å². The molecule has 0 saturated heterocycles. The smallest absolute Gasteiger partial charge is 0.331 e. The molecule has 8 nitrogen and oxygen atoms in total. The van der Waals surface area contributed by atoms with E-state index in [-0.39, 0.29) is 18.5 Å². The minimum Gasteiger partial charge on any atom is -0.469 e. The van der Waals surface area contributed by atoms with Gasteiger partial charge in [0.05, 0.1) is 20.4 Å². The standard InChI is InChI=1S/C30H51FN2O6/c1-38-27(34)21-17-13-9-5-3-7-11-15-19-23-32-25-26(31)29(36)33(30(32)37)24-20-16-12-8-4-6-10-14-18-22-28(35)39-2/h25H,3-24H2,1-2H3. The van der Waals surface area contributed by atoms with Crippen molar-refractivity contribution in [2.75, 3.05) is 14.2 Å². The van der Waals surface area contributed by atoms with E-state index in [0.29, 0.717) is 25.8 Å². The molecule has 0 saturated carbocycles. The van der Waals surface area contributed by atoms with Crippen molar-refractivity contribution in [3.63, 3.8) is 0 Å². The lowest BCUT2D eigenvalue weighted by atomic mass is 10.1. The summed E-state index contributed by atoms with van der Waals surface area (Å²) >= 11 is 0. The first-order valence-corrected chi connectivity index (χ1v) is 15.0. The van der Waals surface area contributed by atoms with Crippen LogP contribution in [0.3, 0.4) is 0 Å². The summed E-state index contributed by atoms with van der Waals surface area (Å²) in [4.78, 5) is 47.1. The molecule has 1 aromatic heterocycles. The third-order valence-corrected chi connectivity index (χ3v) is 7.19. The van der Waals surface area contributed by atoms with Crippen LogP contribution in [0.25, 0.3) is 0 Å². The molecule has 9 heteroatoms. The van der Waals surface area contributed by atoms with E-state index in [1.807, 2.05) is 0 Å². The zero-order valence-electron chi connectivity index (χ0n) is 24.4. The third kappa shape index (κ3) is 16.3. The largest absolute Gasteiger partial charge is 0.469 e. The number of esters is 2. The molecule has 0 aliphatic heterocycles. The summed E-state index contributed by atoms with van der Waals surface area (Å²) in [7, 11) is 2.83. The fourth-order valence-electron chi connectivity index (χ4n) is 4.75. The van der Waals surface area contributed by atoms with E-state index in [2.05, 4.69) is 9.47 Å². The summed E-state index contributed by atoms with van der Waals surface area (Å²) in [5.74, 6) is -1.16. The molecule has 0 spiro atoms. The lowest BCUT2D eigenvalue weighted by Gasteiger charge is -2.11. The maximum Gasteiger partial charge on any atom is 0.331 e. The molecule has 39 heavy (non-hydrogen) atoms. The Morgan fingerprint density at radius 3 is 1.38 bits per heavy atom. The van der Waals surface area contributed by atoms with Crippen LogP contribution in [0.5, 0.6) is 0 Å². The minimum atomic E-state index is -0.867. The van der Waals surface area contributed by atoms with E-state index in [1.54, 1.807) is 0 Å². The Balaban J connectivity index is 2.18. The fraction of sp³-hybridized carbons (Fsp3) is 0.800. The molecule has 1 rings (SSSR count). The van der Waals surface area contributed by atoms with Crippen molar-refractivity contribution in [1.82, 2.24) is 9.13 Å². The molecule has 224 valence electrons. The molecule has 0 aromatic carbocycles. The van der Waals surface area contributed by atoms with Crippen molar-refractivity contribution in [3.8, 4) is 0 Å². The number of carbonyl (C=O) groups excluding carboxylic acids is 2. The van der Waals surface area contributed by atoms with Gasteiger partial charge in [-0.1, -0.05) is 89.9 Å². The van der Waals surface area contributed by atoms with Crippen LogP contribution in [0, 0.1) is 5.82 Å². The van der Waals surface area contributed by atoms with Gasteiger partial charge in [0.15, 0.2) is 0 Å². The summed E-state index contributed by atoms with van der Waals surface area (Å²) in [6, 6.07) is 0. The van der Waals surface area contributed by atoms with Gasteiger partial charge in [-0.3, -0.25) is 23.5 Å². The molecule has 1 heterocycles. The van der Waals surface area contributed by atoms with Crippen LogP contribution in [0.1, 0.15) is 128 Å². The number of methoxy groups -OCH3 is 2. The lowest BCUT2D eigenvalue weighted by molar-refractivity contribution is -0.141. The summed E-state index contributed by atoms with van der Waals surface area (Å²) in [5.41, 5.74) is -1.24. The Morgan fingerprint density at radius 2 is 0.974 bits per heavy atom. The number of halogens is 1. The number of hydrogen-bond donors (Lipinski definition) is 0. The lowest BCUT2D eigenvalue weighted by Crippen LogP contribution is -2.41. The van der Waals surface area contributed by atoms with Gasteiger partial charge in [0.1, 0.15) is 0 Å². The normalized spacial score (nSPS) is 11.1. The Kier molecular flexibility index (Phi) is 19.8. The SMILES string of the molecule is COC(=O)CCCCCCCCCCCn1cc(F)c(=O)n(CCCCCCCCCCCC(=O)OC)c1=O. The molecule has 0 fully saturated rings. The zero-order chi connectivity index (χ0) is 28.7. The first kappa shape index (κ1) is 34.6. The molecule has 0 aliphatic carbocycles. The van der Waals surface area contributed by atoms with Crippen molar-refractivity contribution >= 4 is 11.9 Å². The summed E-state index contributed by atoms with van der Waals surface area (Å²) in [5, 5.41) is 0. The summed E-state index contributed by atoms with van der Waals surface area (Å²) < 4.78 is 25.9. The van der Waals surface area contributed by atoms with E-state index in [4.69, 9.17) is 0 Å². The second-order valence-electron chi connectivity index (χ2n) is 10.4. The van der Waals surface area contributed by atoms with Crippen LogP contribution in [-0.2, 0) is 32.2 Å². The predicted octanol–water partition coefficient (Wildman–Crippen LogP) is 6.30. The summed E-state index contributed by atoms with van der Waals surface area (Å²) in [6.45, 7) is 0.672. The Labute approximate surface area is 233 Å². The topological polar surface area (TPSA) is 96.6 Å². The molecule has 0 radical (unpaired) electrons. The number of aryl methyl sites for hydroxylation is 1. The van der Waals surface area contributed by atoms with E-state index in [0.717, 1.165) is 120 Å². The van der Waals surface area contributed by atoms with Gasteiger partial charge in [0.2, 0.25) is 5.82 Å². The van der Waals surface area contributed by atoms with Crippen LogP contribution in [0.4, 0.5) is 4.39 Å². The molecule has 0 bridgehead atoms. The van der Waals surface area contributed by atoms with Crippen LogP contribution < -0.4 is 11.2 Å². The first-order valence-electron chi connectivity index (χ1n) is 15.0. The Bertz CT molecular complexity index is 927. The number of hydrogen-bond acceptors (Lipinski definition) is 6. The van der Waals surface area contributed by atoms with Crippen molar-refractivity contribution in [1.29, 1.82) is 0 Å². The second kappa shape index (κ2) is 22.4. The van der Waals surface area contributed by atoms with Gasteiger partial charge in [0, 0.05) is 25.9 Å². The molecule has 0 N–H and O–H groups in total. The van der Waals surface area contributed by atoms with E-state index < -0.39 is 17.1 Å². The fourth-order valence-corrected chi connectivity index (χ4v) is 4.75. The molecular formula is C30H51FN2O6. The average Bonchev–Trinajstić information content (AvgIpc) is 2.94. The van der Waals surface area contributed by atoms with E-state index in [1.165, 1.54) is 18.8 Å². The average molecular weight is 555 g/mol. The zero-order valence-corrected chi connectivity index (χ0v) is 24.4. The number of rotatable bonds is 24. The first-order chi connectivity index (χ1) is 18.9. The van der Waals surface area contributed by atoms with Crippen LogP contribution in [-0.4, -0.2) is 35.3 Å². The van der Waals surface area contributed by atoms with Crippen LogP contribution in [0.15, 0.2) is 15.8 Å². The van der Waals surface area contributed by atoms with Crippen LogP contribution >= 0.6 is 0 Å². The second-order valence-corrected chi connectivity index (χ2v) is 10.4. The van der Waals surface area contributed by atoms with Gasteiger partial charge < -0.3 is 9.47 Å². The van der Waals surface area contributed by atoms with Crippen molar-refractivity contribution in [2.24, 2.45) is 0 Å². The van der Waals surface area contributed by atoms with Gasteiger partial charge in [-0.2, -0.15) is 4.39 Å². The quantitative estimate of drug-likeness (QED) is 0.110. The van der Waals surface area contributed by atoms with Crippen molar-refractivity contribution < 1.29 is 23.5 Å². The van der Waals surface area contributed by atoms with Gasteiger partial charge in [-0.05, 0) is 25.7 Å². The number of nitrogens with zero attached hydrogens (tertiary/aromatic N) is 2. The highest BCUT2D eigenvalue weighted by Gasteiger charge is 2.11. The molecule has 0 unspecified atom stereocenters. The maximum absolute atomic E-state index is 14.2. The van der Waals surface area contributed by atoms with Gasteiger partial charge in [0.25, 0.3) is 5.56 Å². The maximum atomic E-state index is 14.2. The number of aromatic nitrogens is 2. The number of ether oxygens (including phenoxy) is 2.